The minimum Gasteiger partial charge on any atom is -0.0885 e. The molecule has 0 aromatic carbocycles. The Morgan fingerprint density at radius 2 is 1.09 bits per heavy atom. The SMILES string of the molecule is CCCCCCCCC/C=C/CC(CCC)CCCCCCC. The average Bonchev–Trinajstić information content (AvgIpc) is 2.56. The van der Waals surface area contributed by atoms with Crippen molar-refractivity contribution in [2.45, 2.75) is 130 Å². The zero-order chi connectivity index (χ0) is 17.0. The molecule has 0 aromatic heterocycles. The lowest BCUT2D eigenvalue weighted by atomic mass is 9.93. The highest BCUT2D eigenvalue weighted by Gasteiger charge is 2.05. The molecule has 1 atom stereocenters. The molecule has 0 radical (unpaired) electrons. The average molecular weight is 323 g/mol. The molecule has 0 nitrogen and oxygen atoms in total. The molecule has 0 heteroatoms. The first-order valence-electron chi connectivity index (χ1n) is 11.0. The zero-order valence-electron chi connectivity index (χ0n) is 16.8. The second kappa shape index (κ2) is 19.8. The highest BCUT2D eigenvalue weighted by molar-refractivity contribution is 4.84. The Morgan fingerprint density at radius 3 is 1.70 bits per heavy atom. The summed E-state index contributed by atoms with van der Waals surface area (Å²) in [6.07, 6.45) is 28.9. The lowest BCUT2D eigenvalue weighted by molar-refractivity contribution is 0.423. The van der Waals surface area contributed by atoms with Crippen LogP contribution in [-0.2, 0) is 0 Å². The van der Waals surface area contributed by atoms with E-state index < -0.39 is 0 Å². The summed E-state index contributed by atoms with van der Waals surface area (Å²) in [6.45, 7) is 6.93. The van der Waals surface area contributed by atoms with Crippen LogP contribution in [0.1, 0.15) is 130 Å². The topological polar surface area (TPSA) is 0 Å². The van der Waals surface area contributed by atoms with Gasteiger partial charge in [0, 0.05) is 0 Å². The Bertz CT molecular complexity index is 228. The van der Waals surface area contributed by atoms with Crippen LogP contribution in [0.15, 0.2) is 12.2 Å². The summed E-state index contributed by atoms with van der Waals surface area (Å²) < 4.78 is 0. The summed E-state index contributed by atoms with van der Waals surface area (Å²) in [6, 6.07) is 0. The lowest BCUT2D eigenvalue weighted by Gasteiger charge is -2.13. The molecule has 0 aliphatic heterocycles. The molecule has 0 heterocycles. The van der Waals surface area contributed by atoms with Gasteiger partial charge in [0.15, 0.2) is 0 Å². The van der Waals surface area contributed by atoms with Crippen molar-refractivity contribution in [3.63, 3.8) is 0 Å². The van der Waals surface area contributed by atoms with Gasteiger partial charge in [0.05, 0.1) is 0 Å². The third-order valence-electron chi connectivity index (χ3n) is 5.02. The van der Waals surface area contributed by atoms with E-state index in [-0.39, 0.29) is 0 Å². The van der Waals surface area contributed by atoms with Crippen molar-refractivity contribution in [1.82, 2.24) is 0 Å². The Kier molecular flexibility index (Phi) is 19.6. The zero-order valence-corrected chi connectivity index (χ0v) is 16.8. The maximum Gasteiger partial charge on any atom is -0.0322 e. The first-order chi connectivity index (χ1) is 11.3. The number of hydrogen-bond acceptors (Lipinski definition) is 0. The van der Waals surface area contributed by atoms with Gasteiger partial charge in [0.2, 0.25) is 0 Å². The molecule has 0 bridgehead atoms. The van der Waals surface area contributed by atoms with Crippen LogP contribution in [0.25, 0.3) is 0 Å². The van der Waals surface area contributed by atoms with Crippen LogP contribution in [-0.4, -0.2) is 0 Å². The minimum atomic E-state index is 0.951. The quantitative estimate of drug-likeness (QED) is 0.174. The Morgan fingerprint density at radius 1 is 0.522 bits per heavy atom. The molecule has 0 spiro atoms. The number of allylic oxidation sites excluding steroid dienone is 2. The molecule has 0 aromatic rings. The van der Waals surface area contributed by atoms with Gasteiger partial charge in [-0.2, -0.15) is 0 Å². The molecule has 0 N–H and O–H groups in total. The van der Waals surface area contributed by atoms with E-state index in [1.54, 1.807) is 0 Å². The van der Waals surface area contributed by atoms with Gasteiger partial charge in [-0.05, 0) is 25.2 Å². The fraction of sp³-hybridized carbons (Fsp3) is 0.913. The van der Waals surface area contributed by atoms with E-state index in [1.807, 2.05) is 0 Å². The van der Waals surface area contributed by atoms with Crippen molar-refractivity contribution >= 4 is 0 Å². The van der Waals surface area contributed by atoms with Gasteiger partial charge in [-0.1, -0.05) is 123 Å². The first-order valence-corrected chi connectivity index (χ1v) is 11.0. The summed E-state index contributed by atoms with van der Waals surface area (Å²) in [5.41, 5.74) is 0. The van der Waals surface area contributed by atoms with Crippen LogP contribution in [0.5, 0.6) is 0 Å². The van der Waals surface area contributed by atoms with Gasteiger partial charge in [-0.3, -0.25) is 0 Å². The van der Waals surface area contributed by atoms with Gasteiger partial charge in [-0.25, -0.2) is 0 Å². The van der Waals surface area contributed by atoms with Gasteiger partial charge in [-0.15, -0.1) is 0 Å². The molecule has 0 saturated carbocycles. The van der Waals surface area contributed by atoms with Crippen molar-refractivity contribution in [3.8, 4) is 0 Å². The van der Waals surface area contributed by atoms with E-state index in [1.165, 1.54) is 109 Å². The smallest absolute Gasteiger partial charge is 0.0322 e. The second-order valence-electron chi connectivity index (χ2n) is 7.47. The Labute approximate surface area is 148 Å². The van der Waals surface area contributed by atoms with Crippen LogP contribution in [0.2, 0.25) is 0 Å². The van der Waals surface area contributed by atoms with Gasteiger partial charge in [0.25, 0.3) is 0 Å². The van der Waals surface area contributed by atoms with Crippen molar-refractivity contribution in [1.29, 1.82) is 0 Å². The van der Waals surface area contributed by atoms with E-state index >= 15 is 0 Å². The van der Waals surface area contributed by atoms with Gasteiger partial charge >= 0.3 is 0 Å². The normalized spacial score (nSPS) is 13.0. The number of hydrogen-bond donors (Lipinski definition) is 0. The molecule has 0 aliphatic rings. The van der Waals surface area contributed by atoms with Crippen LogP contribution in [0, 0.1) is 5.92 Å². The highest BCUT2D eigenvalue weighted by Crippen LogP contribution is 2.20. The fourth-order valence-corrected chi connectivity index (χ4v) is 3.45. The lowest BCUT2D eigenvalue weighted by Crippen LogP contribution is -1.99. The molecule has 0 fully saturated rings. The predicted octanol–water partition coefficient (Wildman–Crippen LogP) is 8.85. The van der Waals surface area contributed by atoms with Crippen molar-refractivity contribution in [2.75, 3.05) is 0 Å². The third kappa shape index (κ3) is 17.9. The molecule has 138 valence electrons. The minimum absolute atomic E-state index is 0.951. The van der Waals surface area contributed by atoms with E-state index in [0.717, 1.165) is 5.92 Å². The van der Waals surface area contributed by atoms with Crippen molar-refractivity contribution < 1.29 is 0 Å². The van der Waals surface area contributed by atoms with Crippen LogP contribution in [0.3, 0.4) is 0 Å². The second-order valence-corrected chi connectivity index (χ2v) is 7.47. The standard InChI is InChI=1S/C23H46/c1-4-7-9-11-12-13-14-15-17-19-22-23(20-6-3)21-18-16-10-8-5-2/h17,19,23H,4-16,18,20-22H2,1-3H3/b19-17+. The molecule has 1 unspecified atom stereocenters. The molecule has 0 aliphatic carbocycles. The molecular formula is C23H46. The van der Waals surface area contributed by atoms with Gasteiger partial charge < -0.3 is 0 Å². The fourth-order valence-electron chi connectivity index (χ4n) is 3.45. The monoisotopic (exact) mass is 322 g/mol. The maximum absolute atomic E-state index is 2.49. The summed E-state index contributed by atoms with van der Waals surface area (Å²) in [5, 5.41) is 0. The highest BCUT2D eigenvalue weighted by atomic mass is 14.1. The maximum atomic E-state index is 2.49. The number of unbranched alkanes of at least 4 members (excludes halogenated alkanes) is 11. The predicted molar refractivity (Wildman–Crippen MR) is 108 cm³/mol. The molecule has 0 saturated heterocycles. The van der Waals surface area contributed by atoms with E-state index in [2.05, 4.69) is 32.9 Å². The van der Waals surface area contributed by atoms with Crippen LogP contribution >= 0.6 is 0 Å². The Hall–Kier alpha value is -0.260. The summed E-state index contributed by atoms with van der Waals surface area (Å²) in [4.78, 5) is 0. The third-order valence-corrected chi connectivity index (χ3v) is 5.02. The summed E-state index contributed by atoms with van der Waals surface area (Å²) in [5.74, 6) is 0.951. The molecular weight excluding hydrogens is 276 g/mol. The summed E-state index contributed by atoms with van der Waals surface area (Å²) in [7, 11) is 0. The van der Waals surface area contributed by atoms with Gasteiger partial charge in [0.1, 0.15) is 0 Å². The summed E-state index contributed by atoms with van der Waals surface area (Å²) >= 11 is 0. The first kappa shape index (κ1) is 22.7. The van der Waals surface area contributed by atoms with Crippen molar-refractivity contribution in [3.05, 3.63) is 12.2 Å². The molecule has 0 amide bonds. The number of rotatable bonds is 18. The Balaban J connectivity index is 3.53. The van der Waals surface area contributed by atoms with Crippen molar-refractivity contribution in [2.24, 2.45) is 5.92 Å². The van der Waals surface area contributed by atoms with E-state index in [9.17, 15) is 0 Å². The van der Waals surface area contributed by atoms with E-state index in [4.69, 9.17) is 0 Å². The van der Waals surface area contributed by atoms with E-state index in [0.29, 0.717) is 0 Å². The molecule has 0 rings (SSSR count). The van der Waals surface area contributed by atoms with Crippen LogP contribution in [0.4, 0.5) is 0 Å². The van der Waals surface area contributed by atoms with Crippen LogP contribution < -0.4 is 0 Å². The molecule has 23 heavy (non-hydrogen) atoms. The largest absolute Gasteiger partial charge is 0.0885 e.